The summed E-state index contributed by atoms with van der Waals surface area (Å²) in [6.45, 7) is 6.54. The molecule has 1 fully saturated rings. The van der Waals surface area contributed by atoms with Crippen molar-refractivity contribution >= 4 is 5.97 Å². The Morgan fingerprint density at radius 1 is 1.27 bits per heavy atom. The lowest BCUT2D eigenvalue weighted by atomic mass is 9.91. The van der Waals surface area contributed by atoms with Gasteiger partial charge in [-0.2, -0.15) is 0 Å². The number of carbonyl (C=O) groups is 1. The lowest BCUT2D eigenvalue weighted by Crippen LogP contribution is -2.25. The van der Waals surface area contributed by atoms with Crippen molar-refractivity contribution in [3.63, 3.8) is 0 Å². The van der Waals surface area contributed by atoms with Crippen LogP contribution in [0.25, 0.3) is 0 Å². The smallest absolute Gasteiger partial charge is 0.306 e. The topological polar surface area (TPSA) is 26.3 Å². The van der Waals surface area contributed by atoms with Gasteiger partial charge >= 0.3 is 5.97 Å². The van der Waals surface area contributed by atoms with E-state index in [9.17, 15) is 4.79 Å². The van der Waals surface area contributed by atoms with Gasteiger partial charge in [-0.1, -0.05) is 33.6 Å². The summed E-state index contributed by atoms with van der Waals surface area (Å²) in [6.07, 6.45) is 6.41. The molecule has 0 spiro atoms. The van der Waals surface area contributed by atoms with Crippen molar-refractivity contribution in [3.05, 3.63) is 0 Å². The maximum atomic E-state index is 11.5. The number of cyclic esters (lactones) is 1. The van der Waals surface area contributed by atoms with E-state index < -0.39 is 0 Å². The second kappa shape index (κ2) is 6.14. The standard InChI is InChI=1S/C13H24O2/c1-4-12-11(3)7-5-6-10(2)8-9-13(14)15-12/h10-12H,4-9H2,1-3H3/t10-,11+,12+/m1/s1. The van der Waals surface area contributed by atoms with Crippen LogP contribution >= 0.6 is 0 Å². The Kier molecular flexibility index (Phi) is 5.13. The number of ether oxygens (including phenoxy) is 1. The summed E-state index contributed by atoms with van der Waals surface area (Å²) in [7, 11) is 0. The third kappa shape index (κ3) is 4.23. The lowest BCUT2D eigenvalue weighted by molar-refractivity contribution is -0.152. The first-order chi connectivity index (χ1) is 7.13. The van der Waals surface area contributed by atoms with E-state index in [4.69, 9.17) is 4.74 Å². The molecule has 3 atom stereocenters. The Balaban J connectivity index is 2.54. The van der Waals surface area contributed by atoms with Crippen LogP contribution in [-0.4, -0.2) is 12.1 Å². The Hall–Kier alpha value is -0.530. The number of rotatable bonds is 1. The van der Waals surface area contributed by atoms with Crippen LogP contribution in [0, 0.1) is 11.8 Å². The van der Waals surface area contributed by atoms with E-state index in [0.29, 0.717) is 18.3 Å². The molecule has 0 amide bonds. The van der Waals surface area contributed by atoms with Gasteiger partial charge in [0.05, 0.1) is 0 Å². The monoisotopic (exact) mass is 212 g/mol. The highest BCUT2D eigenvalue weighted by Crippen LogP contribution is 2.24. The average molecular weight is 212 g/mol. The van der Waals surface area contributed by atoms with E-state index in [1.165, 1.54) is 19.3 Å². The second-order valence-corrected chi connectivity index (χ2v) is 4.99. The molecule has 2 nitrogen and oxygen atoms in total. The number of hydrogen-bond acceptors (Lipinski definition) is 2. The van der Waals surface area contributed by atoms with Crippen molar-refractivity contribution in [2.45, 2.75) is 65.4 Å². The maximum absolute atomic E-state index is 11.5. The van der Waals surface area contributed by atoms with Crippen molar-refractivity contribution in [3.8, 4) is 0 Å². The summed E-state index contributed by atoms with van der Waals surface area (Å²) >= 11 is 0. The van der Waals surface area contributed by atoms with Gasteiger partial charge in [-0.25, -0.2) is 0 Å². The summed E-state index contributed by atoms with van der Waals surface area (Å²) in [5.41, 5.74) is 0. The van der Waals surface area contributed by atoms with Gasteiger partial charge < -0.3 is 4.74 Å². The molecule has 0 aromatic heterocycles. The first-order valence-electron chi connectivity index (χ1n) is 6.33. The number of esters is 1. The zero-order chi connectivity index (χ0) is 11.3. The SMILES string of the molecule is CC[C@@H]1OC(=O)CC[C@H](C)CCC[C@@H]1C. The van der Waals surface area contributed by atoms with Crippen LogP contribution in [0.5, 0.6) is 0 Å². The van der Waals surface area contributed by atoms with Gasteiger partial charge in [-0.3, -0.25) is 4.79 Å². The fraction of sp³-hybridized carbons (Fsp3) is 0.923. The molecule has 0 unspecified atom stereocenters. The predicted octanol–water partition coefficient (Wildman–Crippen LogP) is 3.54. The highest BCUT2D eigenvalue weighted by atomic mass is 16.5. The molecule has 1 heterocycles. The fourth-order valence-corrected chi connectivity index (χ4v) is 2.31. The molecular formula is C13H24O2. The average Bonchev–Trinajstić information content (AvgIpc) is 2.22. The molecule has 1 saturated heterocycles. The molecule has 0 bridgehead atoms. The highest BCUT2D eigenvalue weighted by molar-refractivity contribution is 5.69. The van der Waals surface area contributed by atoms with Crippen LogP contribution < -0.4 is 0 Å². The van der Waals surface area contributed by atoms with Gasteiger partial charge in [0.15, 0.2) is 0 Å². The first-order valence-corrected chi connectivity index (χ1v) is 6.33. The zero-order valence-corrected chi connectivity index (χ0v) is 10.3. The largest absolute Gasteiger partial charge is 0.462 e. The van der Waals surface area contributed by atoms with Crippen LogP contribution in [0.1, 0.15) is 59.3 Å². The Labute approximate surface area is 93.4 Å². The third-order valence-electron chi connectivity index (χ3n) is 3.52. The summed E-state index contributed by atoms with van der Waals surface area (Å²) in [4.78, 5) is 11.5. The molecule has 1 aliphatic rings. The minimum Gasteiger partial charge on any atom is -0.462 e. The minimum atomic E-state index is 0.00227. The lowest BCUT2D eigenvalue weighted by Gasteiger charge is -2.25. The Morgan fingerprint density at radius 2 is 2.00 bits per heavy atom. The van der Waals surface area contributed by atoms with Gasteiger partial charge in [-0.15, -0.1) is 0 Å². The van der Waals surface area contributed by atoms with Crippen LogP contribution in [0.2, 0.25) is 0 Å². The summed E-state index contributed by atoms with van der Waals surface area (Å²) in [5, 5.41) is 0. The van der Waals surface area contributed by atoms with E-state index in [1.807, 2.05) is 0 Å². The normalized spacial score (nSPS) is 34.6. The predicted molar refractivity (Wildman–Crippen MR) is 61.6 cm³/mol. The summed E-state index contributed by atoms with van der Waals surface area (Å²) in [6, 6.07) is 0. The molecule has 1 rings (SSSR count). The number of hydrogen-bond donors (Lipinski definition) is 0. The molecule has 15 heavy (non-hydrogen) atoms. The molecule has 0 N–H and O–H groups in total. The van der Waals surface area contributed by atoms with Gasteiger partial charge in [0.25, 0.3) is 0 Å². The number of carbonyl (C=O) groups excluding carboxylic acids is 1. The minimum absolute atomic E-state index is 0.00227. The van der Waals surface area contributed by atoms with E-state index in [1.54, 1.807) is 0 Å². The third-order valence-corrected chi connectivity index (χ3v) is 3.52. The van der Waals surface area contributed by atoms with E-state index in [-0.39, 0.29) is 12.1 Å². The molecular weight excluding hydrogens is 188 g/mol. The van der Waals surface area contributed by atoms with Gasteiger partial charge in [0, 0.05) is 6.42 Å². The maximum Gasteiger partial charge on any atom is 0.306 e. The van der Waals surface area contributed by atoms with Gasteiger partial charge in [0.2, 0.25) is 0 Å². The molecule has 88 valence electrons. The zero-order valence-electron chi connectivity index (χ0n) is 10.3. The first kappa shape index (κ1) is 12.5. The quantitative estimate of drug-likeness (QED) is 0.621. The fourth-order valence-electron chi connectivity index (χ4n) is 2.31. The Bertz CT molecular complexity index is 201. The summed E-state index contributed by atoms with van der Waals surface area (Å²) < 4.78 is 5.50. The highest BCUT2D eigenvalue weighted by Gasteiger charge is 2.21. The van der Waals surface area contributed by atoms with Gasteiger partial charge in [0.1, 0.15) is 6.10 Å². The molecule has 1 aliphatic heterocycles. The second-order valence-electron chi connectivity index (χ2n) is 4.99. The molecule has 0 aromatic rings. The van der Waals surface area contributed by atoms with Crippen LogP contribution in [0.3, 0.4) is 0 Å². The van der Waals surface area contributed by atoms with Gasteiger partial charge in [-0.05, 0) is 31.1 Å². The molecule has 2 heteroatoms. The van der Waals surface area contributed by atoms with Crippen molar-refractivity contribution in [1.29, 1.82) is 0 Å². The van der Waals surface area contributed by atoms with E-state index in [0.717, 1.165) is 12.8 Å². The van der Waals surface area contributed by atoms with Crippen LogP contribution in [0.4, 0.5) is 0 Å². The van der Waals surface area contributed by atoms with Crippen molar-refractivity contribution in [2.75, 3.05) is 0 Å². The summed E-state index contributed by atoms with van der Waals surface area (Å²) in [5.74, 6) is 1.19. The molecule has 0 radical (unpaired) electrons. The molecule has 0 aliphatic carbocycles. The molecule has 0 aromatic carbocycles. The van der Waals surface area contributed by atoms with Crippen molar-refractivity contribution < 1.29 is 9.53 Å². The van der Waals surface area contributed by atoms with Crippen LogP contribution in [-0.2, 0) is 9.53 Å². The van der Waals surface area contributed by atoms with Crippen molar-refractivity contribution in [1.82, 2.24) is 0 Å². The van der Waals surface area contributed by atoms with E-state index >= 15 is 0 Å². The van der Waals surface area contributed by atoms with E-state index in [2.05, 4.69) is 20.8 Å². The Morgan fingerprint density at radius 3 is 2.67 bits per heavy atom. The molecule has 0 saturated carbocycles. The van der Waals surface area contributed by atoms with Crippen LogP contribution in [0.15, 0.2) is 0 Å². The van der Waals surface area contributed by atoms with Crippen molar-refractivity contribution in [2.24, 2.45) is 11.8 Å².